The summed E-state index contributed by atoms with van der Waals surface area (Å²) in [7, 11) is -1.22. The van der Waals surface area contributed by atoms with Crippen molar-refractivity contribution in [2.24, 2.45) is 0 Å². The molecule has 1 atom stereocenters. The van der Waals surface area contributed by atoms with Crippen molar-refractivity contribution in [3.63, 3.8) is 0 Å². The molecule has 37 heavy (non-hydrogen) atoms. The van der Waals surface area contributed by atoms with Gasteiger partial charge in [-0.2, -0.15) is 0 Å². The number of ether oxygens (including phenoxy) is 1. The summed E-state index contributed by atoms with van der Waals surface area (Å²) in [4.78, 5) is 27.5. The number of sulfonamides is 1. The van der Waals surface area contributed by atoms with E-state index in [0.29, 0.717) is 27.0 Å². The normalized spacial score (nSPS) is 11.9. The zero-order chi connectivity index (χ0) is 27.2. The summed E-state index contributed by atoms with van der Waals surface area (Å²) in [5.41, 5.74) is 0.850. The van der Waals surface area contributed by atoms with Gasteiger partial charge in [0.2, 0.25) is 11.8 Å². The molecular weight excluding hydrogens is 537 g/mol. The van der Waals surface area contributed by atoms with Crippen LogP contribution >= 0.6 is 23.2 Å². The van der Waals surface area contributed by atoms with Crippen LogP contribution in [0.3, 0.4) is 0 Å². The van der Waals surface area contributed by atoms with Gasteiger partial charge < -0.3 is 15.0 Å². The van der Waals surface area contributed by atoms with Gasteiger partial charge in [-0.25, -0.2) is 8.42 Å². The fourth-order valence-electron chi connectivity index (χ4n) is 3.62. The number of carbonyl (C=O) groups excluding carboxylic acids is 2. The average Bonchev–Trinajstić information content (AvgIpc) is 2.90. The minimum absolute atomic E-state index is 0.0170. The van der Waals surface area contributed by atoms with Crippen LogP contribution in [0.1, 0.15) is 12.5 Å². The Morgan fingerprint density at radius 2 is 1.65 bits per heavy atom. The highest BCUT2D eigenvalue weighted by Gasteiger charge is 2.32. The Balaban J connectivity index is 2.02. The zero-order valence-corrected chi connectivity index (χ0v) is 22.8. The molecule has 11 heteroatoms. The van der Waals surface area contributed by atoms with E-state index < -0.39 is 34.4 Å². The summed E-state index contributed by atoms with van der Waals surface area (Å²) in [6, 6.07) is 18.1. The van der Waals surface area contributed by atoms with Gasteiger partial charge in [0.25, 0.3) is 10.0 Å². The van der Waals surface area contributed by atoms with Crippen LogP contribution in [0.5, 0.6) is 5.75 Å². The Morgan fingerprint density at radius 1 is 1.00 bits per heavy atom. The lowest BCUT2D eigenvalue weighted by Gasteiger charge is -2.32. The van der Waals surface area contributed by atoms with Gasteiger partial charge in [0.1, 0.15) is 18.3 Å². The van der Waals surface area contributed by atoms with E-state index in [2.05, 4.69) is 5.32 Å². The topological polar surface area (TPSA) is 96.0 Å². The van der Waals surface area contributed by atoms with Crippen molar-refractivity contribution in [1.29, 1.82) is 0 Å². The highest BCUT2D eigenvalue weighted by molar-refractivity contribution is 7.92. The minimum Gasteiger partial charge on any atom is -0.497 e. The molecule has 1 N–H and O–H groups in total. The molecule has 0 spiro atoms. The maximum atomic E-state index is 13.7. The van der Waals surface area contributed by atoms with Gasteiger partial charge in [0.05, 0.1) is 17.7 Å². The second-order valence-corrected chi connectivity index (χ2v) is 10.8. The third kappa shape index (κ3) is 6.74. The Morgan fingerprint density at radius 3 is 2.22 bits per heavy atom. The summed E-state index contributed by atoms with van der Waals surface area (Å²) in [6.45, 7) is 0.977. The third-order valence-electron chi connectivity index (χ3n) is 5.74. The molecule has 0 aliphatic heterocycles. The molecular formula is C26H27Cl2N3O5S. The summed E-state index contributed by atoms with van der Waals surface area (Å²) in [5, 5.41) is 3.27. The van der Waals surface area contributed by atoms with Crippen molar-refractivity contribution >= 4 is 50.7 Å². The Kier molecular flexibility index (Phi) is 9.42. The minimum atomic E-state index is -4.16. The van der Waals surface area contributed by atoms with Gasteiger partial charge >= 0.3 is 0 Å². The van der Waals surface area contributed by atoms with Crippen LogP contribution in [0.25, 0.3) is 0 Å². The van der Waals surface area contributed by atoms with E-state index in [-0.39, 0.29) is 11.4 Å². The predicted octanol–water partition coefficient (Wildman–Crippen LogP) is 4.36. The molecule has 3 aromatic carbocycles. The van der Waals surface area contributed by atoms with E-state index in [4.69, 9.17) is 27.9 Å². The van der Waals surface area contributed by atoms with Gasteiger partial charge in [-0.15, -0.1) is 0 Å². The molecule has 0 saturated heterocycles. The summed E-state index contributed by atoms with van der Waals surface area (Å²) < 4.78 is 33.5. The molecule has 196 valence electrons. The van der Waals surface area contributed by atoms with Crippen molar-refractivity contribution in [2.45, 2.75) is 24.4 Å². The molecule has 8 nitrogen and oxygen atoms in total. The Labute approximate surface area is 226 Å². The van der Waals surface area contributed by atoms with Gasteiger partial charge in [0, 0.05) is 23.6 Å². The van der Waals surface area contributed by atoms with E-state index in [9.17, 15) is 18.0 Å². The summed E-state index contributed by atoms with van der Waals surface area (Å²) in [5.74, 6) is -0.516. The lowest BCUT2D eigenvalue weighted by atomic mass is 10.1. The third-order valence-corrected chi connectivity index (χ3v) is 8.11. The van der Waals surface area contributed by atoms with Crippen molar-refractivity contribution in [2.75, 3.05) is 25.0 Å². The second kappa shape index (κ2) is 12.3. The van der Waals surface area contributed by atoms with E-state index in [1.54, 1.807) is 49.4 Å². The van der Waals surface area contributed by atoms with Gasteiger partial charge in [-0.1, -0.05) is 47.5 Å². The summed E-state index contributed by atoms with van der Waals surface area (Å²) in [6.07, 6.45) is 0. The number of hydrogen-bond acceptors (Lipinski definition) is 5. The number of rotatable bonds is 10. The number of nitrogens with one attached hydrogen (secondary N) is 1. The van der Waals surface area contributed by atoms with Gasteiger partial charge in [-0.05, 0) is 61.0 Å². The van der Waals surface area contributed by atoms with E-state index in [0.717, 1.165) is 4.31 Å². The first kappa shape index (κ1) is 28.3. The molecule has 3 aromatic rings. The molecule has 3 rings (SSSR count). The maximum absolute atomic E-state index is 13.7. The smallest absolute Gasteiger partial charge is 0.264 e. The first-order valence-corrected chi connectivity index (χ1v) is 13.4. The van der Waals surface area contributed by atoms with Crippen LogP contribution in [-0.2, 0) is 26.2 Å². The lowest BCUT2D eigenvalue weighted by molar-refractivity contribution is -0.139. The number of benzene rings is 3. The van der Waals surface area contributed by atoms with Crippen LogP contribution in [0.4, 0.5) is 5.69 Å². The number of halogens is 2. The number of nitrogens with zero attached hydrogens (tertiary/aromatic N) is 2. The molecule has 0 radical (unpaired) electrons. The molecule has 0 saturated carbocycles. The van der Waals surface area contributed by atoms with Crippen molar-refractivity contribution in [3.8, 4) is 5.75 Å². The maximum Gasteiger partial charge on any atom is 0.264 e. The van der Waals surface area contributed by atoms with Gasteiger partial charge in [-0.3, -0.25) is 13.9 Å². The monoisotopic (exact) mass is 563 g/mol. The number of anilines is 1. The predicted molar refractivity (Wildman–Crippen MR) is 145 cm³/mol. The molecule has 0 aliphatic carbocycles. The molecule has 0 unspecified atom stereocenters. The van der Waals surface area contributed by atoms with E-state index in [1.807, 2.05) is 0 Å². The van der Waals surface area contributed by atoms with Crippen LogP contribution in [0, 0.1) is 0 Å². The van der Waals surface area contributed by atoms with Crippen molar-refractivity contribution in [1.82, 2.24) is 10.2 Å². The number of para-hydroxylation sites is 1. The zero-order valence-electron chi connectivity index (χ0n) is 20.5. The second-order valence-electron chi connectivity index (χ2n) is 8.07. The van der Waals surface area contributed by atoms with Crippen LogP contribution < -0.4 is 14.4 Å². The largest absolute Gasteiger partial charge is 0.497 e. The van der Waals surface area contributed by atoms with Gasteiger partial charge in [0.15, 0.2) is 0 Å². The average molecular weight is 564 g/mol. The highest BCUT2D eigenvalue weighted by atomic mass is 35.5. The van der Waals surface area contributed by atoms with Crippen LogP contribution in [0.2, 0.25) is 10.0 Å². The Bertz CT molecular complexity index is 1350. The fourth-order valence-corrected chi connectivity index (χ4v) is 5.51. The Hall–Kier alpha value is -3.27. The SMILES string of the molecule is CNC(=O)[C@H](C)N(Cc1ccc(Cl)cc1Cl)C(=O)CN(c1ccccc1)S(=O)(=O)c1ccc(OC)cc1. The van der Waals surface area contributed by atoms with Crippen molar-refractivity contribution in [3.05, 3.63) is 88.4 Å². The molecule has 0 heterocycles. The molecule has 0 fully saturated rings. The fraction of sp³-hybridized carbons (Fsp3) is 0.231. The highest BCUT2D eigenvalue weighted by Crippen LogP contribution is 2.27. The molecule has 0 aliphatic rings. The lowest BCUT2D eigenvalue weighted by Crippen LogP contribution is -2.50. The number of hydrogen-bond donors (Lipinski definition) is 1. The number of carbonyl (C=O) groups is 2. The van der Waals surface area contributed by atoms with E-state index in [1.165, 1.54) is 49.4 Å². The number of likely N-dealkylation sites (N-methyl/N-ethyl adjacent to an activating group) is 1. The van der Waals surface area contributed by atoms with E-state index >= 15 is 0 Å². The molecule has 2 amide bonds. The standard InChI is InChI=1S/C26H27Cl2N3O5S/c1-18(26(33)29-2)30(16-19-9-10-20(27)15-24(19)28)25(32)17-31(21-7-5-4-6-8-21)37(34,35)23-13-11-22(36-3)12-14-23/h4-15,18H,16-17H2,1-3H3,(H,29,33)/t18-/m0/s1. The molecule has 0 aromatic heterocycles. The first-order chi connectivity index (χ1) is 17.6. The quantitative estimate of drug-likeness (QED) is 0.395. The molecule has 0 bridgehead atoms. The summed E-state index contributed by atoms with van der Waals surface area (Å²) >= 11 is 12.3. The first-order valence-electron chi connectivity index (χ1n) is 11.2. The number of methoxy groups -OCH3 is 1. The van der Waals surface area contributed by atoms with Crippen molar-refractivity contribution < 1.29 is 22.7 Å². The van der Waals surface area contributed by atoms with Crippen LogP contribution in [-0.4, -0.2) is 51.9 Å². The van der Waals surface area contributed by atoms with Crippen LogP contribution in [0.15, 0.2) is 77.7 Å². The number of amides is 2.